The fourth-order valence-electron chi connectivity index (χ4n) is 4.37. The van der Waals surface area contributed by atoms with Gasteiger partial charge in [-0.25, -0.2) is 9.59 Å². The van der Waals surface area contributed by atoms with Crippen LogP contribution in [-0.2, 0) is 24.4 Å². The van der Waals surface area contributed by atoms with Crippen molar-refractivity contribution in [2.75, 3.05) is 21.3 Å². The Bertz CT molecular complexity index is 698. The molecule has 27 heavy (non-hydrogen) atoms. The van der Waals surface area contributed by atoms with E-state index < -0.39 is 20.7 Å². The van der Waals surface area contributed by atoms with Crippen LogP contribution < -0.4 is 0 Å². The predicted molar refractivity (Wildman–Crippen MR) is 102 cm³/mol. The number of carbonyl (C=O) groups excluding carboxylic acids is 2. The molecule has 0 saturated heterocycles. The minimum Gasteiger partial charge on any atom is -0.386 e. The molecule has 7 heteroatoms. The molecule has 1 aliphatic carbocycles. The van der Waals surface area contributed by atoms with E-state index >= 15 is 0 Å². The summed E-state index contributed by atoms with van der Waals surface area (Å²) in [6.45, 7) is 0. The second-order valence-electron chi connectivity index (χ2n) is 7.22. The maximum atomic E-state index is 12.4. The molecular formula is C20H28O6Si. The molecule has 0 unspecified atom stereocenters. The lowest BCUT2D eigenvalue weighted by Gasteiger charge is -2.27. The molecule has 1 saturated carbocycles. The van der Waals surface area contributed by atoms with Crippen LogP contribution in [0.2, 0.25) is 6.04 Å². The summed E-state index contributed by atoms with van der Waals surface area (Å²) < 4.78 is 21.4. The van der Waals surface area contributed by atoms with Crippen LogP contribution in [0.1, 0.15) is 76.3 Å². The van der Waals surface area contributed by atoms with Gasteiger partial charge in [-0.05, 0) is 48.8 Å². The Balaban J connectivity index is 1.88. The van der Waals surface area contributed by atoms with Gasteiger partial charge in [0.2, 0.25) is 0 Å². The lowest BCUT2D eigenvalue weighted by atomic mass is 9.78. The van der Waals surface area contributed by atoms with E-state index in [1.165, 1.54) is 6.42 Å². The highest BCUT2D eigenvalue weighted by Gasteiger charge is 2.38. The Morgan fingerprint density at radius 2 is 1.67 bits per heavy atom. The van der Waals surface area contributed by atoms with Crippen molar-refractivity contribution in [3.8, 4) is 0 Å². The Morgan fingerprint density at radius 3 is 2.30 bits per heavy atom. The van der Waals surface area contributed by atoms with E-state index in [4.69, 9.17) is 18.0 Å². The van der Waals surface area contributed by atoms with Crippen molar-refractivity contribution in [1.82, 2.24) is 0 Å². The average Bonchev–Trinajstić information content (AvgIpc) is 3.00. The Hall–Kier alpha value is -1.54. The predicted octanol–water partition coefficient (Wildman–Crippen LogP) is 3.86. The molecule has 0 aromatic heterocycles. The Kier molecular flexibility index (Phi) is 6.47. The minimum atomic E-state index is -2.62. The number of aryl methyl sites for hydroxylation is 1. The number of esters is 2. The van der Waals surface area contributed by atoms with E-state index in [1.54, 1.807) is 27.4 Å². The van der Waals surface area contributed by atoms with Gasteiger partial charge < -0.3 is 18.0 Å². The van der Waals surface area contributed by atoms with Crippen LogP contribution in [0.5, 0.6) is 0 Å². The standard InChI is InChI=1S/C20H28O6Si/c1-23-27(24-2,25-3)13-7-10-15-11-12-16-18(20(22)26-19(16)21)17(15)14-8-5-4-6-9-14/h11-12,14H,4-10,13H2,1-3H3. The summed E-state index contributed by atoms with van der Waals surface area (Å²) in [5.74, 6) is -0.702. The second-order valence-corrected chi connectivity index (χ2v) is 10.3. The topological polar surface area (TPSA) is 71.1 Å². The number of benzene rings is 1. The van der Waals surface area contributed by atoms with Crippen LogP contribution in [0.3, 0.4) is 0 Å². The third-order valence-corrected chi connectivity index (χ3v) is 8.65. The van der Waals surface area contributed by atoms with E-state index in [0.717, 1.165) is 49.7 Å². The van der Waals surface area contributed by atoms with E-state index in [-0.39, 0.29) is 0 Å². The summed E-state index contributed by atoms with van der Waals surface area (Å²) >= 11 is 0. The lowest BCUT2D eigenvalue weighted by molar-refractivity contribution is 0.0443. The van der Waals surface area contributed by atoms with E-state index in [9.17, 15) is 9.59 Å². The van der Waals surface area contributed by atoms with E-state index in [0.29, 0.717) is 23.1 Å². The van der Waals surface area contributed by atoms with Gasteiger partial charge in [0.15, 0.2) is 0 Å². The number of ether oxygens (including phenoxy) is 1. The van der Waals surface area contributed by atoms with Gasteiger partial charge in [0, 0.05) is 27.4 Å². The quantitative estimate of drug-likeness (QED) is 0.380. The minimum absolute atomic E-state index is 0.316. The summed E-state index contributed by atoms with van der Waals surface area (Å²) in [7, 11) is 2.23. The van der Waals surface area contributed by atoms with Crippen LogP contribution in [0.15, 0.2) is 12.1 Å². The first kappa shape index (κ1) is 20.2. The maximum absolute atomic E-state index is 12.4. The number of cyclic esters (lactones) is 2. The van der Waals surface area contributed by atoms with Gasteiger partial charge in [-0.1, -0.05) is 25.3 Å². The SMILES string of the molecule is CO[Si](CCCc1ccc2c(c1C1CCCCC1)C(=O)OC2=O)(OC)OC. The Morgan fingerprint density at radius 1 is 1.00 bits per heavy atom. The number of fused-ring (bicyclic) bond motifs is 1. The third-order valence-electron chi connectivity index (χ3n) is 5.82. The molecule has 1 heterocycles. The van der Waals surface area contributed by atoms with Crippen molar-refractivity contribution in [3.63, 3.8) is 0 Å². The summed E-state index contributed by atoms with van der Waals surface area (Å²) in [5.41, 5.74) is 3.07. The molecule has 1 fully saturated rings. The molecule has 2 aliphatic rings. The van der Waals surface area contributed by atoms with Crippen molar-refractivity contribution in [1.29, 1.82) is 0 Å². The van der Waals surface area contributed by atoms with Crippen molar-refractivity contribution in [2.24, 2.45) is 0 Å². The van der Waals surface area contributed by atoms with Gasteiger partial charge in [0.1, 0.15) is 0 Å². The smallest absolute Gasteiger partial charge is 0.386 e. The average molecular weight is 393 g/mol. The zero-order chi connectivity index (χ0) is 19.4. The summed E-state index contributed by atoms with van der Waals surface area (Å²) in [6.07, 6.45) is 7.26. The van der Waals surface area contributed by atoms with E-state index in [1.807, 2.05) is 6.07 Å². The molecule has 6 nitrogen and oxygen atoms in total. The molecule has 0 bridgehead atoms. The zero-order valence-electron chi connectivity index (χ0n) is 16.3. The van der Waals surface area contributed by atoms with Gasteiger partial charge in [0.05, 0.1) is 11.1 Å². The molecule has 0 N–H and O–H groups in total. The zero-order valence-corrected chi connectivity index (χ0v) is 17.3. The highest BCUT2D eigenvalue weighted by Crippen LogP contribution is 2.40. The van der Waals surface area contributed by atoms with Gasteiger partial charge in [-0.3, -0.25) is 0 Å². The molecule has 0 radical (unpaired) electrons. The highest BCUT2D eigenvalue weighted by atomic mass is 28.4. The number of rotatable bonds is 8. The summed E-state index contributed by atoms with van der Waals surface area (Å²) in [4.78, 5) is 24.4. The molecule has 0 amide bonds. The number of hydrogen-bond donors (Lipinski definition) is 0. The van der Waals surface area contributed by atoms with Gasteiger partial charge in [-0.15, -0.1) is 0 Å². The molecule has 1 aromatic carbocycles. The molecule has 3 rings (SSSR count). The summed E-state index contributed by atoms with van der Waals surface area (Å²) in [5, 5.41) is 0. The lowest BCUT2D eigenvalue weighted by Crippen LogP contribution is -2.42. The van der Waals surface area contributed by atoms with Crippen LogP contribution in [-0.4, -0.2) is 42.1 Å². The van der Waals surface area contributed by atoms with Crippen molar-refractivity contribution >= 4 is 20.7 Å². The normalized spacial score (nSPS) is 17.9. The monoisotopic (exact) mass is 392 g/mol. The van der Waals surface area contributed by atoms with E-state index in [2.05, 4.69) is 0 Å². The maximum Gasteiger partial charge on any atom is 0.500 e. The molecule has 1 aromatic rings. The van der Waals surface area contributed by atoms with Crippen LogP contribution in [0.4, 0.5) is 0 Å². The number of carbonyl (C=O) groups is 2. The van der Waals surface area contributed by atoms with Gasteiger partial charge >= 0.3 is 20.7 Å². The second kappa shape index (κ2) is 8.64. The molecule has 0 spiro atoms. The first-order valence-corrected chi connectivity index (χ1v) is 11.6. The van der Waals surface area contributed by atoms with Gasteiger partial charge in [0.25, 0.3) is 0 Å². The first-order valence-electron chi connectivity index (χ1n) is 9.63. The van der Waals surface area contributed by atoms with Crippen LogP contribution >= 0.6 is 0 Å². The fourth-order valence-corrected chi connectivity index (χ4v) is 6.09. The van der Waals surface area contributed by atoms with Crippen LogP contribution in [0.25, 0.3) is 0 Å². The molecule has 148 valence electrons. The van der Waals surface area contributed by atoms with Crippen molar-refractivity contribution in [2.45, 2.75) is 56.9 Å². The molecule has 1 aliphatic heterocycles. The fraction of sp³-hybridized carbons (Fsp3) is 0.600. The third kappa shape index (κ3) is 4.01. The van der Waals surface area contributed by atoms with Crippen molar-refractivity contribution in [3.05, 3.63) is 34.4 Å². The largest absolute Gasteiger partial charge is 0.500 e. The summed E-state index contributed by atoms with van der Waals surface area (Å²) in [6, 6.07) is 4.41. The molecular weight excluding hydrogens is 364 g/mol. The van der Waals surface area contributed by atoms with Gasteiger partial charge in [-0.2, -0.15) is 0 Å². The highest BCUT2D eigenvalue weighted by molar-refractivity contribution is 6.60. The van der Waals surface area contributed by atoms with Crippen molar-refractivity contribution < 1.29 is 27.6 Å². The van der Waals surface area contributed by atoms with Crippen LogP contribution in [0, 0.1) is 0 Å². The molecule has 0 atom stereocenters. The number of hydrogen-bond acceptors (Lipinski definition) is 6. The first-order chi connectivity index (χ1) is 13.0. The Labute approximate surface area is 161 Å².